The highest BCUT2D eigenvalue weighted by molar-refractivity contribution is 5.45. The van der Waals surface area contributed by atoms with Crippen molar-refractivity contribution in [1.82, 2.24) is 29.8 Å². The molecule has 2 aliphatic rings. The molecule has 0 saturated carbocycles. The van der Waals surface area contributed by atoms with Crippen LogP contribution in [0.5, 0.6) is 0 Å². The lowest BCUT2D eigenvalue weighted by atomic mass is 10.0. The Morgan fingerprint density at radius 1 is 0.931 bits per heavy atom. The highest BCUT2D eigenvalue weighted by Gasteiger charge is 2.40. The van der Waals surface area contributed by atoms with Crippen LogP contribution in [0.3, 0.4) is 0 Å². The molecule has 29 heavy (non-hydrogen) atoms. The lowest BCUT2D eigenvalue weighted by Gasteiger charge is -2.22. The Morgan fingerprint density at radius 3 is 2.34 bits per heavy atom. The molecule has 8 heteroatoms. The van der Waals surface area contributed by atoms with E-state index in [1.54, 1.807) is 6.33 Å². The first-order valence-electron chi connectivity index (χ1n) is 10.3. The molecule has 0 radical (unpaired) electrons. The third-order valence-electron chi connectivity index (χ3n) is 6.10. The molecule has 2 unspecified atom stereocenters. The van der Waals surface area contributed by atoms with Crippen LogP contribution in [0.4, 0.5) is 5.82 Å². The molecule has 2 fully saturated rings. The average Bonchev–Trinajstić information content (AvgIpc) is 3.44. The Labute approximate surface area is 170 Å². The highest BCUT2D eigenvalue weighted by atomic mass is 16.5. The molecule has 3 aromatic heterocycles. The van der Waals surface area contributed by atoms with Crippen molar-refractivity contribution in [3.63, 3.8) is 0 Å². The van der Waals surface area contributed by atoms with E-state index in [0.717, 1.165) is 73.6 Å². The molecule has 2 atom stereocenters. The van der Waals surface area contributed by atoms with E-state index in [4.69, 9.17) is 4.52 Å². The topological polar surface area (TPSA) is 76.1 Å². The standard InChI is InChI=1S/C21H27N7O/c1-14-6-16(3)28(24-14)21-8-20(22-13-23-21)27-11-17-9-26(10-18(17)12-27)5-4-19-7-15(2)25-29-19/h6-8,13,17-18H,4-5,9-12H2,1-3H3. The lowest BCUT2D eigenvalue weighted by Crippen LogP contribution is -2.30. The van der Waals surface area contributed by atoms with Gasteiger partial charge in [-0.3, -0.25) is 0 Å². The normalized spacial score (nSPS) is 21.8. The molecule has 8 nitrogen and oxygen atoms in total. The minimum atomic E-state index is 0.693. The maximum Gasteiger partial charge on any atom is 0.159 e. The van der Waals surface area contributed by atoms with Gasteiger partial charge >= 0.3 is 0 Å². The monoisotopic (exact) mass is 393 g/mol. The number of aromatic nitrogens is 5. The number of likely N-dealkylation sites (tertiary alicyclic amines) is 1. The molecule has 0 bridgehead atoms. The van der Waals surface area contributed by atoms with E-state index < -0.39 is 0 Å². The summed E-state index contributed by atoms with van der Waals surface area (Å²) < 4.78 is 7.24. The fourth-order valence-corrected chi connectivity index (χ4v) is 4.75. The van der Waals surface area contributed by atoms with E-state index in [9.17, 15) is 0 Å². The molecule has 0 aromatic carbocycles. The first-order valence-corrected chi connectivity index (χ1v) is 10.3. The summed E-state index contributed by atoms with van der Waals surface area (Å²) in [6, 6.07) is 6.16. The molecule has 5 rings (SSSR count). The summed E-state index contributed by atoms with van der Waals surface area (Å²) in [6.45, 7) is 11.4. The van der Waals surface area contributed by atoms with Gasteiger partial charge in [0.2, 0.25) is 0 Å². The maximum absolute atomic E-state index is 5.34. The van der Waals surface area contributed by atoms with Crippen LogP contribution in [0.15, 0.2) is 29.0 Å². The van der Waals surface area contributed by atoms with E-state index in [-0.39, 0.29) is 0 Å². The summed E-state index contributed by atoms with van der Waals surface area (Å²) in [6.07, 6.45) is 2.59. The number of nitrogens with zero attached hydrogens (tertiary/aromatic N) is 7. The Balaban J connectivity index is 1.21. The van der Waals surface area contributed by atoms with Crippen molar-refractivity contribution in [2.45, 2.75) is 27.2 Å². The van der Waals surface area contributed by atoms with Crippen molar-refractivity contribution in [1.29, 1.82) is 0 Å². The summed E-state index contributed by atoms with van der Waals surface area (Å²) in [5.41, 5.74) is 3.04. The number of hydrogen-bond donors (Lipinski definition) is 0. The summed E-state index contributed by atoms with van der Waals surface area (Å²) in [5.74, 6) is 4.21. The van der Waals surface area contributed by atoms with E-state index in [2.05, 4.69) is 49.1 Å². The van der Waals surface area contributed by atoms with Gasteiger partial charge in [0.15, 0.2) is 5.82 Å². The third-order valence-corrected chi connectivity index (χ3v) is 6.10. The molecule has 2 saturated heterocycles. The fraction of sp³-hybridized carbons (Fsp3) is 0.524. The summed E-state index contributed by atoms with van der Waals surface area (Å²) >= 11 is 0. The molecular formula is C21H27N7O. The number of rotatable bonds is 5. The van der Waals surface area contributed by atoms with Crippen molar-refractivity contribution < 1.29 is 4.52 Å². The molecule has 152 valence electrons. The number of fused-ring (bicyclic) bond motifs is 1. The fourth-order valence-electron chi connectivity index (χ4n) is 4.75. The van der Waals surface area contributed by atoms with Gasteiger partial charge < -0.3 is 14.3 Å². The van der Waals surface area contributed by atoms with Crippen LogP contribution in [-0.4, -0.2) is 62.5 Å². The van der Waals surface area contributed by atoms with Gasteiger partial charge in [-0.1, -0.05) is 5.16 Å². The SMILES string of the molecule is Cc1cc(CCN2CC3CN(c4cc(-n5nc(C)cc5C)ncn4)CC3C2)on1. The van der Waals surface area contributed by atoms with Gasteiger partial charge in [-0.2, -0.15) is 5.10 Å². The Kier molecular flexibility index (Phi) is 4.58. The Bertz CT molecular complexity index is 996. The minimum absolute atomic E-state index is 0.693. The van der Waals surface area contributed by atoms with Crippen molar-refractivity contribution in [2.24, 2.45) is 11.8 Å². The molecule has 0 amide bonds. The molecule has 0 aliphatic carbocycles. The zero-order chi connectivity index (χ0) is 20.0. The zero-order valence-electron chi connectivity index (χ0n) is 17.2. The van der Waals surface area contributed by atoms with E-state index >= 15 is 0 Å². The molecule has 3 aromatic rings. The second-order valence-corrected chi connectivity index (χ2v) is 8.44. The van der Waals surface area contributed by atoms with Crippen LogP contribution >= 0.6 is 0 Å². The molecule has 0 spiro atoms. The van der Waals surface area contributed by atoms with E-state index in [1.165, 1.54) is 0 Å². The quantitative estimate of drug-likeness (QED) is 0.658. The Morgan fingerprint density at radius 2 is 1.69 bits per heavy atom. The second kappa shape index (κ2) is 7.26. The van der Waals surface area contributed by atoms with Crippen molar-refractivity contribution in [2.75, 3.05) is 37.6 Å². The van der Waals surface area contributed by atoms with Crippen LogP contribution in [0.2, 0.25) is 0 Å². The van der Waals surface area contributed by atoms with Crippen molar-refractivity contribution in [3.8, 4) is 5.82 Å². The van der Waals surface area contributed by atoms with Gasteiger partial charge in [0, 0.05) is 57.0 Å². The first kappa shape index (κ1) is 18.3. The molecule has 2 aliphatic heterocycles. The van der Waals surface area contributed by atoms with Crippen LogP contribution in [0.1, 0.15) is 22.8 Å². The van der Waals surface area contributed by atoms with Gasteiger partial charge in [-0.25, -0.2) is 14.6 Å². The highest BCUT2D eigenvalue weighted by Crippen LogP contribution is 2.33. The average molecular weight is 393 g/mol. The number of aryl methyl sites for hydroxylation is 3. The van der Waals surface area contributed by atoms with Crippen molar-refractivity contribution >= 4 is 5.82 Å². The van der Waals surface area contributed by atoms with Crippen LogP contribution in [0.25, 0.3) is 5.82 Å². The van der Waals surface area contributed by atoms with Crippen molar-refractivity contribution in [3.05, 3.63) is 47.4 Å². The van der Waals surface area contributed by atoms with Crippen LogP contribution in [-0.2, 0) is 6.42 Å². The van der Waals surface area contributed by atoms with Gasteiger partial charge in [0.1, 0.15) is 17.9 Å². The smallest absolute Gasteiger partial charge is 0.159 e. The van der Waals surface area contributed by atoms with Gasteiger partial charge in [-0.15, -0.1) is 0 Å². The summed E-state index contributed by atoms with van der Waals surface area (Å²) in [7, 11) is 0. The number of hydrogen-bond acceptors (Lipinski definition) is 7. The first-order chi connectivity index (χ1) is 14.0. The van der Waals surface area contributed by atoms with E-state index in [0.29, 0.717) is 11.8 Å². The predicted molar refractivity (Wildman–Crippen MR) is 109 cm³/mol. The predicted octanol–water partition coefficient (Wildman–Crippen LogP) is 2.19. The van der Waals surface area contributed by atoms with E-state index in [1.807, 2.05) is 24.6 Å². The zero-order valence-corrected chi connectivity index (χ0v) is 17.2. The van der Waals surface area contributed by atoms with Crippen LogP contribution in [0, 0.1) is 32.6 Å². The molecule has 0 N–H and O–H groups in total. The summed E-state index contributed by atoms with van der Waals surface area (Å²) in [4.78, 5) is 14.0. The minimum Gasteiger partial charge on any atom is -0.361 e. The lowest BCUT2D eigenvalue weighted by molar-refractivity contribution is 0.299. The van der Waals surface area contributed by atoms with Gasteiger partial charge in [0.25, 0.3) is 0 Å². The van der Waals surface area contributed by atoms with Gasteiger partial charge in [0.05, 0.1) is 11.4 Å². The largest absolute Gasteiger partial charge is 0.361 e. The Hall–Kier alpha value is -2.74. The van der Waals surface area contributed by atoms with Crippen LogP contribution < -0.4 is 4.90 Å². The molecule has 5 heterocycles. The maximum atomic E-state index is 5.34. The van der Waals surface area contributed by atoms with Gasteiger partial charge in [-0.05, 0) is 38.7 Å². The summed E-state index contributed by atoms with van der Waals surface area (Å²) in [5, 5.41) is 8.53. The third kappa shape index (κ3) is 3.64. The molecular weight excluding hydrogens is 366 g/mol. The second-order valence-electron chi connectivity index (χ2n) is 8.44. The number of anilines is 1.